The molecule has 0 amide bonds. The van der Waals surface area contributed by atoms with E-state index in [-0.39, 0.29) is 31.1 Å². The molecule has 0 rings (SSSR count). The Kier molecular flexibility index (Phi) is 56.7. The minimum absolute atomic E-state index is 0.0646. The molecule has 0 aliphatic carbocycles. The van der Waals surface area contributed by atoms with Gasteiger partial charge in [0.05, 0.1) is 0 Å². The first-order chi connectivity index (χ1) is 34.0. The summed E-state index contributed by atoms with van der Waals surface area (Å²) >= 11 is 0. The normalized spacial score (nSPS) is 12.1. The zero-order valence-electron chi connectivity index (χ0n) is 46.6. The van der Waals surface area contributed by atoms with E-state index in [4.69, 9.17) is 14.2 Å². The lowest BCUT2D eigenvalue weighted by Gasteiger charge is -2.18. The number of rotatable bonds is 57. The standard InChI is InChI=1S/C63H118O6/c1-4-7-10-13-16-19-21-22-23-24-25-26-27-28-29-30-31-32-33-34-35-36-37-38-39-40-41-42-43-45-47-50-53-56-62(65)68-59-60(58-67-61(64)55-52-49-46-18-15-12-9-6-3)69-63(66)57-54-51-48-44-20-17-14-11-8-5-2/h21-22,24-25,60H,4-20,23,26-59H2,1-3H3/b22-21-,25-24-. The summed E-state index contributed by atoms with van der Waals surface area (Å²) in [5.41, 5.74) is 0. The molecule has 0 bridgehead atoms. The number of hydrogen-bond acceptors (Lipinski definition) is 6. The van der Waals surface area contributed by atoms with Crippen molar-refractivity contribution in [3.8, 4) is 0 Å². The maximum atomic E-state index is 12.7. The molecule has 0 saturated carbocycles. The van der Waals surface area contributed by atoms with Crippen LogP contribution in [0.25, 0.3) is 0 Å². The molecule has 0 spiro atoms. The summed E-state index contributed by atoms with van der Waals surface area (Å²) < 4.78 is 16.8. The molecule has 1 unspecified atom stereocenters. The van der Waals surface area contributed by atoms with Crippen molar-refractivity contribution in [1.29, 1.82) is 0 Å². The average molecular weight is 972 g/mol. The third-order valence-electron chi connectivity index (χ3n) is 14.0. The van der Waals surface area contributed by atoms with Crippen molar-refractivity contribution < 1.29 is 28.6 Å². The monoisotopic (exact) mass is 971 g/mol. The second-order valence-corrected chi connectivity index (χ2v) is 21.0. The third-order valence-corrected chi connectivity index (χ3v) is 14.0. The number of ether oxygens (including phenoxy) is 3. The Morgan fingerprint density at radius 2 is 0.522 bits per heavy atom. The summed E-state index contributed by atoms with van der Waals surface area (Å²) in [4.78, 5) is 37.9. The first-order valence-electron chi connectivity index (χ1n) is 30.8. The van der Waals surface area contributed by atoms with E-state index in [1.807, 2.05) is 0 Å². The predicted octanol–water partition coefficient (Wildman–Crippen LogP) is 20.7. The molecule has 6 nitrogen and oxygen atoms in total. The molecule has 0 N–H and O–H groups in total. The Labute approximate surface area is 430 Å². The Balaban J connectivity index is 3.89. The Morgan fingerprint density at radius 1 is 0.290 bits per heavy atom. The van der Waals surface area contributed by atoms with Crippen molar-refractivity contribution in [2.24, 2.45) is 0 Å². The fourth-order valence-electron chi connectivity index (χ4n) is 9.30. The fourth-order valence-corrected chi connectivity index (χ4v) is 9.30. The zero-order chi connectivity index (χ0) is 50.0. The molecular weight excluding hydrogens is 853 g/mol. The van der Waals surface area contributed by atoms with Crippen LogP contribution in [-0.2, 0) is 28.6 Å². The van der Waals surface area contributed by atoms with Crippen molar-refractivity contribution in [2.75, 3.05) is 13.2 Å². The molecule has 0 aromatic heterocycles. The SMILES string of the molecule is CCCCCCC/C=C\C/C=C\CCCCCCCCCCCCCCCCCCCCCCCC(=O)OCC(COC(=O)CCCCCCCCCC)OC(=O)CCCCCCCCCCCC. The van der Waals surface area contributed by atoms with Crippen LogP contribution in [0.2, 0.25) is 0 Å². The lowest BCUT2D eigenvalue weighted by atomic mass is 10.0. The van der Waals surface area contributed by atoms with E-state index < -0.39 is 6.10 Å². The van der Waals surface area contributed by atoms with E-state index in [1.165, 1.54) is 238 Å². The largest absolute Gasteiger partial charge is 0.462 e. The van der Waals surface area contributed by atoms with Gasteiger partial charge in [0, 0.05) is 19.3 Å². The van der Waals surface area contributed by atoms with Gasteiger partial charge in [0.2, 0.25) is 0 Å². The van der Waals surface area contributed by atoms with E-state index in [0.717, 1.165) is 64.2 Å². The van der Waals surface area contributed by atoms with E-state index in [9.17, 15) is 14.4 Å². The summed E-state index contributed by atoms with van der Waals surface area (Å²) in [6.07, 6.45) is 69.4. The zero-order valence-corrected chi connectivity index (χ0v) is 46.6. The second kappa shape index (κ2) is 58.5. The van der Waals surface area contributed by atoms with Gasteiger partial charge in [-0.15, -0.1) is 0 Å². The number of allylic oxidation sites excluding steroid dienone is 4. The molecule has 1 atom stereocenters. The van der Waals surface area contributed by atoms with Crippen LogP contribution in [0.15, 0.2) is 24.3 Å². The highest BCUT2D eigenvalue weighted by molar-refractivity contribution is 5.71. The minimum Gasteiger partial charge on any atom is -0.462 e. The highest BCUT2D eigenvalue weighted by atomic mass is 16.6. The quantitative estimate of drug-likeness (QED) is 0.0261. The van der Waals surface area contributed by atoms with Crippen molar-refractivity contribution in [1.82, 2.24) is 0 Å². The smallest absolute Gasteiger partial charge is 0.306 e. The minimum atomic E-state index is -0.761. The summed E-state index contributed by atoms with van der Waals surface area (Å²) in [6.45, 7) is 6.63. The van der Waals surface area contributed by atoms with Gasteiger partial charge in [-0.2, -0.15) is 0 Å². The highest BCUT2D eigenvalue weighted by Crippen LogP contribution is 2.17. The maximum absolute atomic E-state index is 12.7. The van der Waals surface area contributed by atoms with Gasteiger partial charge >= 0.3 is 17.9 Å². The number of unbranched alkanes of at least 4 members (excludes halogenated alkanes) is 42. The molecule has 0 heterocycles. The average Bonchev–Trinajstić information content (AvgIpc) is 3.35. The lowest BCUT2D eigenvalue weighted by molar-refractivity contribution is -0.167. The van der Waals surface area contributed by atoms with Gasteiger partial charge in [0.25, 0.3) is 0 Å². The second-order valence-electron chi connectivity index (χ2n) is 21.0. The van der Waals surface area contributed by atoms with Gasteiger partial charge in [-0.1, -0.05) is 295 Å². The molecule has 6 heteroatoms. The van der Waals surface area contributed by atoms with Gasteiger partial charge < -0.3 is 14.2 Å². The highest BCUT2D eigenvalue weighted by Gasteiger charge is 2.19. The Hall–Kier alpha value is -2.11. The number of esters is 3. The molecule has 0 fully saturated rings. The first kappa shape index (κ1) is 66.9. The van der Waals surface area contributed by atoms with E-state index in [1.54, 1.807) is 0 Å². The topological polar surface area (TPSA) is 78.9 Å². The Morgan fingerprint density at radius 3 is 0.797 bits per heavy atom. The fraction of sp³-hybridized carbons (Fsp3) is 0.889. The Bertz CT molecular complexity index is 1110. The summed E-state index contributed by atoms with van der Waals surface area (Å²) in [7, 11) is 0. The summed E-state index contributed by atoms with van der Waals surface area (Å²) in [5.74, 6) is -0.851. The van der Waals surface area contributed by atoms with Crippen LogP contribution in [0.3, 0.4) is 0 Å². The van der Waals surface area contributed by atoms with Gasteiger partial charge in [-0.3, -0.25) is 14.4 Å². The van der Waals surface area contributed by atoms with Crippen LogP contribution < -0.4 is 0 Å². The van der Waals surface area contributed by atoms with Crippen LogP contribution in [0.4, 0.5) is 0 Å². The van der Waals surface area contributed by atoms with Gasteiger partial charge in [-0.25, -0.2) is 0 Å². The van der Waals surface area contributed by atoms with Crippen LogP contribution in [-0.4, -0.2) is 37.2 Å². The van der Waals surface area contributed by atoms with Gasteiger partial charge in [0.1, 0.15) is 13.2 Å². The molecule has 0 saturated heterocycles. The van der Waals surface area contributed by atoms with E-state index >= 15 is 0 Å². The molecule has 0 aliphatic rings. The molecule has 0 radical (unpaired) electrons. The molecule has 406 valence electrons. The maximum Gasteiger partial charge on any atom is 0.306 e. The first-order valence-corrected chi connectivity index (χ1v) is 30.8. The molecule has 0 aliphatic heterocycles. The van der Waals surface area contributed by atoms with Crippen LogP contribution in [0, 0.1) is 0 Å². The van der Waals surface area contributed by atoms with E-state index in [0.29, 0.717) is 19.3 Å². The van der Waals surface area contributed by atoms with Crippen molar-refractivity contribution in [3.05, 3.63) is 24.3 Å². The molecular formula is C63H118O6. The van der Waals surface area contributed by atoms with Crippen molar-refractivity contribution in [2.45, 2.75) is 348 Å². The van der Waals surface area contributed by atoms with Gasteiger partial charge in [-0.05, 0) is 51.4 Å². The summed E-state index contributed by atoms with van der Waals surface area (Å²) in [5, 5.41) is 0. The number of carbonyl (C=O) groups is 3. The lowest BCUT2D eigenvalue weighted by Crippen LogP contribution is -2.30. The van der Waals surface area contributed by atoms with E-state index in [2.05, 4.69) is 45.1 Å². The van der Waals surface area contributed by atoms with Gasteiger partial charge in [0.15, 0.2) is 6.10 Å². The molecule has 0 aromatic rings. The van der Waals surface area contributed by atoms with Crippen molar-refractivity contribution in [3.63, 3.8) is 0 Å². The molecule has 0 aromatic carbocycles. The number of hydrogen-bond donors (Lipinski definition) is 0. The third kappa shape index (κ3) is 56.7. The summed E-state index contributed by atoms with van der Waals surface area (Å²) in [6, 6.07) is 0. The molecule has 69 heavy (non-hydrogen) atoms. The predicted molar refractivity (Wildman–Crippen MR) is 298 cm³/mol. The van der Waals surface area contributed by atoms with Crippen LogP contribution >= 0.6 is 0 Å². The van der Waals surface area contributed by atoms with Crippen LogP contribution in [0.5, 0.6) is 0 Å². The van der Waals surface area contributed by atoms with Crippen LogP contribution in [0.1, 0.15) is 342 Å². The van der Waals surface area contributed by atoms with Crippen molar-refractivity contribution >= 4 is 17.9 Å². The number of carbonyl (C=O) groups excluding carboxylic acids is 3.